The van der Waals surface area contributed by atoms with Gasteiger partial charge in [0, 0.05) is 30.4 Å². The monoisotopic (exact) mass is 260 g/mol. The number of nitrogens with zero attached hydrogens (tertiary/aromatic N) is 3. The summed E-state index contributed by atoms with van der Waals surface area (Å²) in [5, 5.41) is 7.52. The highest BCUT2D eigenvalue weighted by molar-refractivity contribution is 5.09. The zero-order valence-corrected chi connectivity index (χ0v) is 11.5. The maximum Gasteiger partial charge on any atom is 0.246 e. The van der Waals surface area contributed by atoms with Crippen molar-refractivity contribution in [2.75, 3.05) is 0 Å². The van der Waals surface area contributed by atoms with Crippen molar-refractivity contribution in [1.82, 2.24) is 20.0 Å². The van der Waals surface area contributed by atoms with E-state index in [9.17, 15) is 0 Å². The molecule has 0 atom stereocenters. The highest BCUT2D eigenvalue weighted by Gasteiger charge is 2.20. The quantitative estimate of drug-likeness (QED) is 0.866. The van der Waals surface area contributed by atoms with Crippen molar-refractivity contribution in [3.63, 3.8) is 0 Å². The zero-order valence-electron chi connectivity index (χ0n) is 11.5. The van der Waals surface area contributed by atoms with E-state index in [2.05, 4.69) is 52.2 Å². The van der Waals surface area contributed by atoms with E-state index in [4.69, 9.17) is 4.52 Å². The topological polar surface area (TPSA) is 55.9 Å². The normalized spacial score (nSPS) is 15.3. The summed E-state index contributed by atoms with van der Waals surface area (Å²) in [6.45, 7) is 5.68. The van der Waals surface area contributed by atoms with Crippen molar-refractivity contribution in [3.8, 4) is 0 Å². The fourth-order valence-electron chi connectivity index (χ4n) is 2.01. The van der Waals surface area contributed by atoms with Crippen LogP contribution in [0.15, 0.2) is 22.9 Å². The second-order valence-electron chi connectivity index (χ2n) is 5.48. The molecule has 0 aliphatic heterocycles. The first-order chi connectivity index (χ1) is 9.22. The van der Waals surface area contributed by atoms with Crippen LogP contribution in [0.25, 0.3) is 0 Å². The fraction of sp³-hybridized carbons (Fsp3) is 0.571. The average Bonchev–Trinajstić information content (AvgIpc) is 2.92. The fourth-order valence-corrected chi connectivity index (χ4v) is 2.01. The van der Waals surface area contributed by atoms with Crippen LogP contribution in [-0.2, 0) is 13.1 Å². The summed E-state index contributed by atoms with van der Waals surface area (Å²) in [4.78, 5) is 4.41. The molecule has 2 heterocycles. The summed E-state index contributed by atoms with van der Waals surface area (Å²) in [6.07, 6.45) is 4.67. The summed E-state index contributed by atoms with van der Waals surface area (Å²) < 4.78 is 7.45. The van der Waals surface area contributed by atoms with E-state index in [1.807, 2.05) is 0 Å². The van der Waals surface area contributed by atoms with Gasteiger partial charge in [0.05, 0.1) is 0 Å². The van der Waals surface area contributed by atoms with Crippen LogP contribution >= 0.6 is 0 Å². The lowest BCUT2D eigenvalue weighted by Crippen LogP contribution is -2.18. The first-order valence-corrected chi connectivity index (χ1v) is 6.92. The van der Waals surface area contributed by atoms with E-state index >= 15 is 0 Å². The summed E-state index contributed by atoms with van der Waals surface area (Å²) in [5.74, 6) is 1.76. The number of hydrogen-bond acceptors (Lipinski definition) is 4. The Labute approximate surface area is 113 Å². The molecule has 5 heteroatoms. The number of aromatic nitrogens is 3. The Bertz CT molecular complexity index is 539. The second kappa shape index (κ2) is 5.17. The van der Waals surface area contributed by atoms with Gasteiger partial charge >= 0.3 is 0 Å². The van der Waals surface area contributed by atoms with Crippen LogP contribution in [-0.4, -0.2) is 20.7 Å². The van der Waals surface area contributed by atoms with E-state index in [0.29, 0.717) is 18.4 Å². The molecule has 0 saturated heterocycles. The molecule has 3 rings (SSSR count). The van der Waals surface area contributed by atoms with Crippen LogP contribution in [0.1, 0.15) is 50.0 Å². The van der Waals surface area contributed by atoms with E-state index in [0.717, 1.165) is 18.4 Å². The van der Waals surface area contributed by atoms with Crippen molar-refractivity contribution < 1.29 is 4.52 Å². The molecule has 1 saturated carbocycles. The predicted molar refractivity (Wildman–Crippen MR) is 71.8 cm³/mol. The third-order valence-corrected chi connectivity index (χ3v) is 3.38. The Morgan fingerprint density at radius 1 is 1.47 bits per heavy atom. The van der Waals surface area contributed by atoms with Crippen molar-refractivity contribution in [3.05, 3.63) is 35.7 Å². The molecule has 1 fully saturated rings. The van der Waals surface area contributed by atoms with Crippen molar-refractivity contribution in [1.29, 1.82) is 0 Å². The molecular formula is C14H20N4O. The standard InChI is InChI=1S/C14H20N4O/c1-10(2)14-16-13(19-17-14)9-18-7-3-4-12(18)8-15-11-5-6-11/h3-4,7,10-11,15H,5-6,8-9H2,1-2H3. The molecule has 5 nitrogen and oxygen atoms in total. The Balaban J connectivity index is 1.65. The van der Waals surface area contributed by atoms with Gasteiger partial charge in [-0.2, -0.15) is 4.98 Å². The molecule has 19 heavy (non-hydrogen) atoms. The summed E-state index contributed by atoms with van der Waals surface area (Å²) in [6, 6.07) is 4.91. The SMILES string of the molecule is CC(C)c1noc(Cn2cccc2CNC2CC2)n1. The van der Waals surface area contributed by atoms with Crippen molar-refractivity contribution in [2.45, 2.75) is 51.7 Å². The molecule has 1 aliphatic carbocycles. The van der Waals surface area contributed by atoms with E-state index < -0.39 is 0 Å². The Hall–Kier alpha value is -1.62. The minimum atomic E-state index is 0.304. The predicted octanol–water partition coefficient (Wildman–Crippen LogP) is 2.29. The van der Waals surface area contributed by atoms with E-state index in [1.165, 1.54) is 18.5 Å². The molecule has 102 valence electrons. The molecule has 0 aromatic carbocycles. The molecule has 1 aliphatic rings. The molecular weight excluding hydrogens is 240 g/mol. The van der Waals surface area contributed by atoms with Gasteiger partial charge in [-0.25, -0.2) is 0 Å². The van der Waals surface area contributed by atoms with Gasteiger partial charge in [-0.3, -0.25) is 0 Å². The molecule has 0 radical (unpaired) electrons. The van der Waals surface area contributed by atoms with Crippen LogP contribution in [0.3, 0.4) is 0 Å². The maximum absolute atomic E-state index is 5.29. The highest BCUT2D eigenvalue weighted by atomic mass is 16.5. The Morgan fingerprint density at radius 3 is 3.00 bits per heavy atom. The number of nitrogens with one attached hydrogen (secondary N) is 1. The van der Waals surface area contributed by atoms with Crippen LogP contribution in [0.4, 0.5) is 0 Å². The Kier molecular flexibility index (Phi) is 3.38. The molecule has 0 amide bonds. The molecule has 2 aromatic heterocycles. The van der Waals surface area contributed by atoms with Gasteiger partial charge in [0.2, 0.25) is 5.89 Å². The molecule has 2 aromatic rings. The van der Waals surface area contributed by atoms with E-state index in [1.54, 1.807) is 0 Å². The first-order valence-electron chi connectivity index (χ1n) is 6.92. The summed E-state index contributed by atoms with van der Waals surface area (Å²) in [7, 11) is 0. The Morgan fingerprint density at radius 2 is 2.32 bits per heavy atom. The lowest BCUT2D eigenvalue weighted by atomic mass is 10.2. The minimum absolute atomic E-state index is 0.304. The number of rotatable bonds is 6. The molecule has 0 spiro atoms. The van der Waals surface area contributed by atoms with Crippen LogP contribution < -0.4 is 5.32 Å². The van der Waals surface area contributed by atoms with Crippen LogP contribution in [0.2, 0.25) is 0 Å². The highest BCUT2D eigenvalue weighted by Crippen LogP contribution is 2.19. The lowest BCUT2D eigenvalue weighted by molar-refractivity contribution is 0.363. The van der Waals surface area contributed by atoms with Gasteiger partial charge in [-0.05, 0) is 25.0 Å². The van der Waals surface area contributed by atoms with Gasteiger partial charge in [-0.15, -0.1) is 0 Å². The minimum Gasteiger partial charge on any atom is -0.341 e. The van der Waals surface area contributed by atoms with Crippen LogP contribution in [0.5, 0.6) is 0 Å². The number of hydrogen-bond donors (Lipinski definition) is 1. The third-order valence-electron chi connectivity index (χ3n) is 3.38. The van der Waals surface area contributed by atoms with Crippen LogP contribution in [0, 0.1) is 0 Å². The molecule has 1 N–H and O–H groups in total. The molecule has 0 unspecified atom stereocenters. The first kappa shape index (κ1) is 12.4. The van der Waals surface area contributed by atoms with Crippen molar-refractivity contribution >= 4 is 0 Å². The molecule has 0 bridgehead atoms. The lowest BCUT2D eigenvalue weighted by Gasteiger charge is -2.07. The van der Waals surface area contributed by atoms with Gasteiger partial charge in [0.15, 0.2) is 5.82 Å². The smallest absolute Gasteiger partial charge is 0.246 e. The summed E-state index contributed by atoms with van der Waals surface area (Å²) >= 11 is 0. The van der Waals surface area contributed by atoms with Gasteiger partial charge in [-0.1, -0.05) is 19.0 Å². The third kappa shape index (κ3) is 3.04. The second-order valence-corrected chi connectivity index (χ2v) is 5.48. The van der Waals surface area contributed by atoms with E-state index in [-0.39, 0.29) is 0 Å². The van der Waals surface area contributed by atoms with Gasteiger partial charge < -0.3 is 14.4 Å². The largest absolute Gasteiger partial charge is 0.341 e. The van der Waals surface area contributed by atoms with Crippen molar-refractivity contribution in [2.24, 2.45) is 0 Å². The maximum atomic E-state index is 5.29. The van der Waals surface area contributed by atoms with Gasteiger partial charge in [0.1, 0.15) is 6.54 Å². The average molecular weight is 260 g/mol. The van der Waals surface area contributed by atoms with Gasteiger partial charge in [0.25, 0.3) is 0 Å². The zero-order chi connectivity index (χ0) is 13.2. The summed E-state index contributed by atoms with van der Waals surface area (Å²) in [5.41, 5.74) is 1.26.